The van der Waals surface area contributed by atoms with E-state index in [-0.39, 0.29) is 17.8 Å². The van der Waals surface area contributed by atoms with Gasteiger partial charge in [-0.25, -0.2) is 0 Å². The van der Waals surface area contributed by atoms with Gasteiger partial charge < -0.3 is 20.7 Å². The zero-order valence-corrected chi connectivity index (χ0v) is 10.8. The number of phenols is 1. The molecule has 96 valence electrons. The first-order chi connectivity index (χ1) is 7.86. The number of aromatic hydroxyl groups is 1. The summed E-state index contributed by atoms with van der Waals surface area (Å²) < 4.78 is 5.51. The standard InChI is InChI=1S/C13H21NO3/c1-13(2,3)10-7-9(17-6-4-5-15)8-11(14)12(10)16/h7-8,15-16H,4-6,14H2,1-3H3/p+1. The highest BCUT2D eigenvalue weighted by Crippen LogP contribution is 2.37. The maximum Gasteiger partial charge on any atom is 0.181 e. The summed E-state index contributed by atoms with van der Waals surface area (Å²) in [6.07, 6.45) is 0.595. The van der Waals surface area contributed by atoms with Crippen molar-refractivity contribution in [3.63, 3.8) is 0 Å². The molecule has 0 saturated carbocycles. The van der Waals surface area contributed by atoms with Crippen LogP contribution in [0.5, 0.6) is 11.5 Å². The Morgan fingerprint density at radius 3 is 2.47 bits per heavy atom. The van der Waals surface area contributed by atoms with Crippen molar-refractivity contribution in [3.8, 4) is 11.5 Å². The normalized spacial score (nSPS) is 11.6. The molecule has 0 spiro atoms. The van der Waals surface area contributed by atoms with Crippen LogP contribution in [0.4, 0.5) is 5.69 Å². The van der Waals surface area contributed by atoms with Gasteiger partial charge >= 0.3 is 0 Å². The zero-order chi connectivity index (χ0) is 13.1. The van der Waals surface area contributed by atoms with E-state index in [0.717, 1.165) is 5.56 Å². The Hall–Kier alpha value is -1.26. The van der Waals surface area contributed by atoms with Crippen LogP contribution in [-0.4, -0.2) is 23.4 Å². The van der Waals surface area contributed by atoms with Crippen molar-refractivity contribution in [1.82, 2.24) is 0 Å². The largest absolute Gasteiger partial charge is 0.503 e. The van der Waals surface area contributed by atoms with Crippen LogP contribution in [-0.2, 0) is 5.41 Å². The lowest BCUT2D eigenvalue weighted by Crippen LogP contribution is -2.40. The minimum absolute atomic E-state index is 0.113. The molecule has 5 N–H and O–H groups in total. The highest BCUT2D eigenvalue weighted by Gasteiger charge is 2.22. The van der Waals surface area contributed by atoms with Gasteiger partial charge in [0.25, 0.3) is 0 Å². The maximum atomic E-state index is 9.97. The number of phenolic OH excluding ortho intramolecular Hbond substituents is 1. The molecule has 0 atom stereocenters. The number of hydrogen-bond donors (Lipinski definition) is 3. The van der Waals surface area contributed by atoms with Crippen molar-refractivity contribution < 1.29 is 20.7 Å². The second kappa shape index (κ2) is 5.38. The molecule has 0 saturated heterocycles. The van der Waals surface area contributed by atoms with Crippen LogP contribution < -0.4 is 10.5 Å². The predicted octanol–water partition coefficient (Wildman–Crippen LogP) is 1.32. The van der Waals surface area contributed by atoms with Crippen LogP contribution >= 0.6 is 0 Å². The number of aliphatic hydroxyl groups excluding tert-OH is 1. The molecule has 0 aromatic heterocycles. The Morgan fingerprint density at radius 2 is 1.94 bits per heavy atom. The number of ether oxygens (including phenoxy) is 1. The van der Waals surface area contributed by atoms with Crippen LogP contribution in [0.25, 0.3) is 0 Å². The molecule has 1 rings (SSSR count). The lowest BCUT2D eigenvalue weighted by atomic mass is 9.86. The van der Waals surface area contributed by atoms with Crippen molar-refractivity contribution in [3.05, 3.63) is 17.7 Å². The highest BCUT2D eigenvalue weighted by atomic mass is 16.5. The van der Waals surface area contributed by atoms with Gasteiger partial charge in [-0.15, -0.1) is 0 Å². The fourth-order valence-corrected chi connectivity index (χ4v) is 1.57. The number of rotatable bonds is 4. The molecule has 4 heteroatoms. The Kier molecular flexibility index (Phi) is 4.37. The third kappa shape index (κ3) is 3.61. The SMILES string of the molecule is CC(C)(C)c1cc(OCCCO)cc([NH3+])c1O. The molecule has 0 amide bonds. The van der Waals surface area contributed by atoms with Crippen molar-refractivity contribution in [1.29, 1.82) is 0 Å². The summed E-state index contributed by atoms with van der Waals surface area (Å²) in [4.78, 5) is 0. The molecule has 0 unspecified atom stereocenters. The molecule has 1 aromatic carbocycles. The average molecular weight is 240 g/mol. The molecular formula is C13H22NO3+. The van der Waals surface area contributed by atoms with E-state index < -0.39 is 0 Å². The molecule has 0 aliphatic rings. The minimum atomic E-state index is -0.160. The minimum Gasteiger partial charge on any atom is -0.503 e. The Morgan fingerprint density at radius 1 is 1.29 bits per heavy atom. The predicted molar refractivity (Wildman–Crippen MR) is 66.6 cm³/mol. The first-order valence-electron chi connectivity index (χ1n) is 5.79. The van der Waals surface area contributed by atoms with Crippen LogP contribution in [0.3, 0.4) is 0 Å². The molecule has 1 aromatic rings. The fraction of sp³-hybridized carbons (Fsp3) is 0.538. The van der Waals surface area contributed by atoms with E-state index >= 15 is 0 Å². The molecular weight excluding hydrogens is 218 g/mol. The summed E-state index contributed by atoms with van der Waals surface area (Å²) in [7, 11) is 0. The van der Waals surface area contributed by atoms with Gasteiger partial charge in [0.2, 0.25) is 0 Å². The maximum absolute atomic E-state index is 9.97. The Labute approximate surface area is 102 Å². The number of benzene rings is 1. The van der Waals surface area contributed by atoms with Crippen molar-refractivity contribution in [2.75, 3.05) is 13.2 Å². The fourth-order valence-electron chi connectivity index (χ4n) is 1.57. The lowest BCUT2D eigenvalue weighted by Gasteiger charge is -2.21. The van der Waals surface area contributed by atoms with E-state index in [9.17, 15) is 5.11 Å². The van der Waals surface area contributed by atoms with E-state index in [1.54, 1.807) is 6.07 Å². The van der Waals surface area contributed by atoms with E-state index in [0.29, 0.717) is 24.5 Å². The third-order valence-corrected chi connectivity index (χ3v) is 2.54. The highest BCUT2D eigenvalue weighted by molar-refractivity contribution is 5.56. The average Bonchev–Trinajstić information content (AvgIpc) is 2.21. The molecule has 0 aliphatic carbocycles. The van der Waals surface area contributed by atoms with Gasteiger partial charge in [-0.05, 0) is 11.5 Å². The van der Waals surface area contributed by atoms with Crippen LogP contribution in [0.2, 0.25) is 0 Å². The quantitative estimate of drug-likeness (QED) is 0.695. The third-order valence-electron chi connectivity index (χ3n) is 2.54. The second-order valence-corrected chi connectivity index (χ2v) is 5.15. The summed E-state index contributed by atoms with van der Waals surface area (Å²) in [5.74, 6) is 0.915. The molecule has 0 aliphatic heterocycles. The van der Waals surface area contributed by atoms with Gasteiger partial charge in [0, 0.05) is 24.7 Å². The van der Waals surface area contributed by atoms with Crippen LogP contribution in [0, 0.1) is 0 Å². The smallest absolute Gasteiger partial charge is 0.181 e. The van der Waals surface area contributed by atoms with Gasteiger partial charge in [-0.1, -0.05) is 20.8 Å². The number of aliphatic hydroxyl groups is 1. The van der Waals surface area contributed by atoms with E-state index in [1.165, 1.54) is 0 Å². The second-order valence-electron chi connectivity index (χ2n) is 5.15. The van der Waals surface area contributed by atoms with Gasteiger partial charge in [-0.2, -0.15) is 0 Å². The van der Waals surface area contributed by atoms with Gasteiger partial charge in [-0.3, -0.25) is 0 Å². The van der Waals surface area contributed by atoms with Crippen molar-refractivity contribution in [2.24, 2.45) is 0 Å². The summed E-state index contributed by atoms with van der Waals surface area (Å²) in [6.45, 7) is 6.66. The number of hydrogen-bond acceptors (Lipinski definition) is 3. The summed E-state index contributed by atoms with van der Waals surface area (Å²) in [5.41, 5.74) is 5.03. The van der Waals surface area contributed by atoms with Gasteiger partial charge in [0.1, 0.15) is 5.75 Å². The molecule has 0 bridgehead atoms. The van der Waals surface area contributed by atoms with E-state index in [1.807, 2.05) is 26.8 Å². The lowest BCUT2D eigenvalue weighted by molar-refractivity contribution is -0.256. The summed E-state index contributed by atoms with van der Waals surface area (Å²) >= 11 is 0. The molecule has 0 radical (unpaired) electrons. The molecule has 17 heavy (non-hydrogen) atoms. The summed E-state index contributed by atoms with van der Waals surface area (Å²) in [6, 6.07) is 3.54. The topological polar surface area (TPSA) is 77.3 Å². The zero-order valence-electron chi connectivity index (χ0n) is 10.8. The monoisotopic (exact) mass is 240 g/mol. The summed E-state index contributed by atoms with van der Waals surface area (Å²) in [5, 5.41) is 18.7. The van der Waals surface area contributed by atoms with Crippen LogP contribution in [0.15, 0.2) is 12.1 Å². The Balaban J connectivity index is 2.98. The van der Waals surface area contributed by atoms with Crippen LogP contribution in [0.1, 0.15) is 32.8 Å². The number of quaternary nitrogens is 1. The van der Waals surface area contributed by atoms with Gasteiger partial charge in [0.05, 0.1) is 6.61 Å². The molecule has 0 fully saturated rings. The Bertz CT molecular complexity index is 383. The first kappa shape index (κ1) is 13.8. The van der Waals surface area contributed by atoms with Crippen molar-refractivity contribution in [2.45, 2.75) is 32.6 Å². The van der Waals surface area contributed by atoms with E-state index in [4.69, 9.17) is 9.84 Å². The van der Waals surface area contributed by atoms with E-state index in [2.05, 4.69) is 5.73 Å². The first-order valence-corrected chi connectivity index (χ1v) is 5.79. The molecule has 0 heterocycles. The van der Waals surface area contributed by atoms with Gasteiger partial charge in [0.15, 0.2) is 11.4 Å². The van der Waals surface area contributed by atoms with Crippen molar-refractivity contribution >= 4 is 5.69 Å². The molecule has 4 nitrogen and oxygen atoms in total.